The quantitative estimate of drug-likeness (QED) is 0.396. The Bertz CT molecular complexity index is 515. The van der Waals surface area contributed by atoms with Crippen molar-refractivity contribution in [2.75, 3.05) is 13.2 Å². The van der Waals surface area contributed by atoms with Crippen LogP contribution < -0.4 is 16.4 Å². The second-order valence-corrected chi connectivity index (χ2v) is 4.33. The molecule has 0 bridgehead atoms. The molecule has 8 nitrogen and oxygen atoms in total. The Morgan fingerprint density at radius 1 is 1.14 bits per heavy atom. The number of amides is 3. The third-order valence-electron chi connectivity index (χ3n) is 2.64. The molecule has 0 aromatic heterocycles. The van der Waals surface area contributed by atoms with Crippen LogP contribution in [0.2, 0.25) is 0 Å². The Balaban J connectivity index is 2.57. The number of nitrogens with two attached hydrogens (primary N) is 1. The Kier molecular flexibility index (Phi) is 6.15. The molecular formula is C13H17N3O5. The summed E-state index contributed by atoms with van der Waals surface area (Å²) in [7, 11) is 0. The molecule has 0 aliphatic rings. The number of benzene rings is 1. The number of aromatic hydroxyl groups is 1. The maximum atomic E-state index is 11.6. The van der Waals surface area contributed by atoms with Crippen LogP contribution in [0.1, 0.15) is 5.56 Å². The largest absolute Gasteiger partial charge is 0.508 e. The third kappa shape index (κ3) is 5.91. The number of phenols is 1. The second kappa shape index (κ2) is 7.85. The average molecular weight is 295 g/mol. The first-order chi connectivity index (χ1) is 9.92. The van der Waals surface area contributed by atoms with Crippen molar-refractivity contribution >= 4 is 17.7 Å². The lowest BCUT2D eigenvalue weighted by Crippen LogP contribution is -2.49. The zero-order valence-electron chi connectivity index (χ0n) is 11.2. The molecular weight excluding hydrogens is 278 g/mol. The van der Waals surface area contributed by atoms with Crippen LogP contribution in [0, 0.1) is 0 Å². The molecule has 0 saturated carbocycles. The summed E-state index contributed by atoms with van der Waals surface area (Å²) in [4.78, 5) is 33.7. The van der Waals surface area contributed by atoms with Gasteiger partial charge in [0.05, 0.1) is 6.54 Å². The van der Waals surface area contributed by atoms with Crippen molar-refractivity contribution in [3.05, 3.63) is 29.8 Å². The Morgan fingerprint density at radius 2 is 1.76 bits per heavy atom. The zero-order chi connectivity index (χ0) is 15.8. The van der Waals surface area contributed by atoms with Gasteiger partial charge in [0.15, 0.2) is 0 Å². The van der Waals surface area contributed by atoms with E-state index in [1.165, 1.54) is 12.1 Å². The highest BCUT2D eigenvalue weighted by molar-refractivity contribution is 5.89. The van der Waals surface area contributed by atoms with Crippen molar-refractivity contribution < 1.29 is 24.6 Å². The number of phenolic OH excluding ortho intramolecular Hbond substituents is 1. The topological polar surface area (TPSA) is 142 Å². The number of aliphatic hydroxyl groups excluding tert-OH is 1. The van der Waals surface area contributed by atoms with Gasteiger partial charge in [-0.1, -0.05) is 12.1 Å². The molecule has 0 aliphatic carbocycles. The van der Waals surface area contributed by atoms with Gasteiger partial charge in [-0.2, -0.15) is 0 Å². The number of hydrogen-bond donors (Lipinski definition) is 5. The van der Waals surface area contributed by atoms with Crippen molar-refractivity contribution in [1.29, 1.82) is 0 Å². The standard InChI is InChI=1S/C13H17N3O5/c14-13(21)10(5-8-1-3-9(18)4-2-8)16-11(19)6-15-12(20)7-17/h1-4,10,17-18H,5-7H2,(H2,14,21)(H,15,20)(H,16,19)/t10-/m0/s1. The van der Waals surface area contributed by atoms with Crippen LogP contribution in [0.5, 0.6) is 5.75 Å². The normalized spacial score (nSPS) is 11.5. The van der Waals surface area contributed by atoms with Crippen molar-refractivity contribution in [1.82, 2.24) is 10.6 Å². The fourth-order valence-corrected chi connectivity index (χ4v) is 1.57. The number of primary amides is 1. The number of carbonyl (C=O) groups excluding carboxylic acids is 3. The predicted molar refractivity (Wildman–Crippen MR) is 73.0 cm³/mol. The molecule has 1 aromatic rings. The van der Waals surface area contributed by atoms with E-state index in [1.54, 1.807) is 12.1 Å². The van der Waals surface area contributed by atoms with Crippen molar-refractivity contribution in [2.24, 2.45) is 5.73 Å². The molecule has 1 rings (SSSR count). The fourth-order valence-electron chi connectivity index (χ4n) is 1.57. The summed E-state index contributed by atoms with van der Waals surface area (Å²) in [6.07, 6.45) is 0.162. The Hall–Kier alpha value is -2.61. The van der Waals surface area contributed by atoms with E-state index < -0.39 is 30.4 Å². The minimum Gasteiger partial charge on any atom is -0.508 e. The SMILES string of the molecule is NC(=O)[C@H](Cc1ccc(O)cc1)NC(=O)CNC(=O)CO. The van der Waals surface area contributed by atoms with Gasteiger partial charge in [0, 0.05) is 6.42 Å². The Morgan fingerprint density at radius 3 is 2.29 bits per heavy atom. The summed E-state index contributed by atoms with van der Waals surface area (Å²) in [5.41, 5.74) is 5.92. The van der Waals surface area contributed by atoms with Crippen LogP contribution in [0.4, 0.5) is 0 Å². The summed E-state index contributed by atoms with van der Waals surface area (Å²) in [6.45, 7) is -1.08. The van der Waals surface area contributed by atoms with E-state index in [4.69, 9.17) is 15.9 Å². The lowest BCUT2D eigenvalue weighted by molar-refractivity contribution is -0.129. The molecule has 0 saturated heterocycles. The van der Waals surface area contributed by atoms with Crippen LogP contribution in [-0.4, -0.2) is 47.1 Å². The summed E-state index contributed by atoms with van der Waals surface area (Å²) in [5.74, 6) is -1.92. The second-order valence-electron chi connectivity index (χ2n) is 4.33. The highest BCUT2D eigenvalue weighted by atomic mass is 16.3. The van der Waals surface area contributed by atoms with E-state index in [0.29, 0.717) is 5.56 Å². The number of aliphatic hydroxyl groups is 1. The molecule has 6 N–H and O–H groups in total. The van der Waals surface area contributed by atoms with Gasteiger partial charge in [0.1, 0.15) is 18.4 Å². The monoisotopic (exact) mass is 295 g/mol. The maximum absolute atomic E-state index is 11.6. The molecule has 1 atom stereocenters. The molecule has 3 amide bonds. The number of nitrogens with one attached hydrogen (secondary N) is 2. The first kappa shape index (κ1) is 16.4. The van der Waals surface area contributed by atoms with Crippen molar-refractivity contribution in [3.8, 4) is 5.75 Å². The van der Waals surface area contributed by atoms with Gasteiger partial charge in [-0.3, -0.25) is 14.4 Å². The van der Waals surface area contributed by atoms with Crippen molar-refractivity contribution in [3.63, 3.8) is 0 Å². The van der Waals surface area contributed by atoms with Gasteiger partial charge in [0.25, 0.3) is 0 Å². The molecule has 21 heavy (non-hydrogen) atoms. The van der Waals surface area contributed by atoms with E-state index in [0.717, 1.165) is 0 Å². The summed E-state index contributed by atoms with van der Waals surface area (Å²) in [6, 6.07) is 5.18. The lowest BCUT2D eigenvalue weighted by Gasteiger charge is -2.15. The molecule has 114 valence electrons. The van der Waals surface area contributed by atoms with Gasteiger partial charge < -0.3 is 26.6 Å². The Labute approximate surface area is 120 Å². The summed E-state index contributed by atoms with van der Waals surface area (Å²) < 4.78 is 0. The maximum Gasteiger partial charge on any atom is 0.246 e. The minimum atomic E-state index is -0.937. The number of hydrogen-bond acceptors (Lipinski definition) is 5. The van der Waals surface area contributed by atoms with Gasteiger partial charge >= 0.3 is 0 Å². The van der Waals surface area contributed by atoms with E-state index in [9.17, 15) is 14.4 Å². The minimum absolute atomic E-state index is 0.0881. The molecule has 0 spiro atoms. The summed E-state index contributed by atoms with van der Waals surface area (Å²) >= 11 is 0. The highest BCUT2D eigenvalue weighted by Gasteiger charge is 2.18. The molecule has 8 heteroatoms. The lowest BCUT2D eigenvalue weighted by atomic mass is 10.1. The van der Waals surface area contributed by atoms with E-state index in [-0.39, 0.29) is 18.7 Å². The van der Waals surface area contributed by atoms with Gasteiger partial charge in [-0.15, -0.1) is 0 Å². The fraction of sp³-hybridized carbons (Fsp3) is 0.308. The molecule has 0 radical (unpaired) electrons. The van der Waals surface area contributed by atoms with Gasteiger partial charge in [0.2, 0.25) is 17.7 Å². The molecule has 1 aromatic carbocycles. The van der Waals surface area contributed by atoms with Crippen LogP contribution in [0.3, 0.4) is 0 Å². The smallest absolute Gasteiger partial charge is 0.246 e. The predicted octanol–water partition coefficient (Wildman–Crippen LogP) is -1.99. The van der Waals surface area contributed by atoms with Crippen LogP contribution in [-0.2, 0) is 20.8 Å². The number of carbonyl (C=O) groups is 3. The highest BCUT2D eigenvalue weighted by Crippen LogP contribution is 2.11. The van der Waals surface area contributed by atoms with E-state index >= 15 is 0 Å². The first-order valence-electron chi connectivity index (χ1n) is 6.16. The zero-order valence-corrected chi connectivity index (χ0v) is 11.2. The van der Waals surface area contributed by atoms with Crippen molar-refractivity contribution in [2.45, 2.75) is 12.5 Å². The molecule has 0 heterocycles. The third-order valence-corrected chi connectivity index (χ3v) is 2.64. The van der Waals surface area contributed by atoms with Crippen LogP contribution in [0.15, 0.2) is 24.3 Å². The van der Waals surface area contributed by atoms with E-state index in [1.807, 2.05) is 0 Å². The molecule has 0 aliphatic heterocycles. The van der Waals surface area contributed by atoms with E-state index in [2.05, 4.69) is 10.6 Å². The molecule has 0 unspecified atom stereocenters. The number of rotatable bonds is 7. The van der Waals surface area contributed by atoms with Gasteiger partial charge in [-0.25, -0.2) is 0 Å². The summed E-state index contributed by atoms with van der Waals surface area (Å²) in [5, 5.41) is 22.2. The first-order valence-corrected chi connectivity index (χ1v) is 6.16. The van der Waals surface area contributed by atoms with Crippen LogP contribution in [0.25, 0.3) is 0 Å². The average Bonchev–Trinajstić information content (AvgIpc) is 2.46. The molecule has 0 fully saturated rings. The van der Waals surface area contributed by atoms with Gasteiger partial charge in [-0.05, 0) is 17.7 Å². The van der Waals surface area contributed by atoms with Crippen LogP contribution >= 0.6 is 0 Å².